The van der Waals surface area contributed by atoms with Gasteiger partial charge in [0.05, 0.1) is 21.7 Å². The van der Waals surface area contributed by atoms with E-state index in [2.05, 4.69) is 96.9 Å². The molecule has 4 aliphatic rings. The zero-order valence-electron chi connectivity index (χ0n) is 78.5. The molecule has 0 bridgehead atoms. The number of unbranched alkanes of at least 4 members (excludes halogenated alkanes) is 3. The smallest absolute Gasteiger partial charge is 0.410 e. The molecule has 4 saturated heterocycles. The molecule has 0 aromatic rings. The maximum atomic E-state index is 13.2. The van der Waals surface area contributed by atoms with Crippen LogP contribution in [0.25, 0.3) is 0 Å². The maximum absolute atomic E-state index is 13.2. The van der Waals surface area contributed by atoms with Crippen LogP contribution in [0.2, 0.25) is 0 Å². The number of likely N-dealkylation sites (tertiary alicyclic amines) is 4. The predicted molar refractivity (Wildman–Crippen MR) is 453 cm³/mol. The number of hydrogen-bond acceptors (Lipinski definition) is 16. The number of ether oxygens (including phenoxy) is 8. The number of amides is 4. The number of esters is 4. The van der Waals surface area contributed by atoms with Crippen molar-refractivity contribution in [3.05, 3.63) is 0 Å². The number of rotatable bonds is 33. The van der Waals surface area contributed by atoms with Crippen molar-refractivity contribution >= 4 is 48.3 Å². The molecule has 0 N–H and O–H groups in total. The first-order valence-electron chi connectivity index (χ1n) is 44.3. The molecule has 112 heavy (non-hydrogen) atoms. The summed E-state index contributed by atoms with van der Waals surface area (Å²) < 4.78 is 47.9. The Hall–Kier alpha value is -5.04. The lowest BCUT2D eigenvalue weighted by Crippen LogP contribution is -2.55. The van der Waals surface area contributed by atoms with Crippen LogP contribution in [0.1, 0.15) is 396 Å². The van der Waals surface area contributed by atoms with Gasteiger partial charge >= 0.3 is 48.3 Å². The van der Waals surface area contributed by atoms with E-state index in [-0.39, 0.29) is 82.9 Å². The van der Waals surface area contributed by atoms with Crippen LogP contribution in [-0.4, -0.2) is 165 Å². The van der Waals surface area contributed by atoms with Crippen molar-refractivity contribution in [1.29, 1.82) is 0 Å². The van der Waals surface area contributed by atoms with Gasteiger partial charge in [0.25, 0.3) is 0 Å². The fourth-order valence-electron chi connectivity index (χ4n) is 14.1. The molecule has 4 fully saturated rings. The van der Waals surface area contributed by atoms with E-state index in [1.807, 2.05) is 143 Å². The van der Waals surface area contributed by atoms with Crippen LogP contribution in [0.4, 0.5) is 19.2 Å². The standard InChI is InChI=1S/C27H51NO4.C24H45NO4.C21H39NO4.C20H37NO4/c1-8-13-16-27(17-14-9-2,18-15-10-3)32-24(30)28-21-19-26(12-5,20-22-28)31-23(29)25(6,7)11-4;1-11-22(9,10)20(26)28-23(12-2)13-15-25(16-14-23)21(27)29-24(17(3)4,18(5)6)19(7)8;1-10-19(6,7)16(23)25-21(11-2)12-14-22(15-13-21)17(24)26-20(8,9)18(3,4)5;1-9-18(5,6)16(22)24-20(10-2)11-13-21(14-12-20)17(23)25-19(7,8)15(3)4/h8-22H2,1-7H3;17-19H,11-16H2,1-10H3;10-15H2,1-9H3;15H,9-14H2,1-8H3. The molecule has 0 saturated carbocycles. The second-order valence-electron chi connectivity index (χ2n) is 39.4. The van der Waals surface area contributed by atoms with E-state index in [0.717, 1.165) is 109 Å². The third kappa shape index (κ3) is 29.8. The van der Waals surface area contributed by atoms with Crippen molar-refractivity contribution in [2.45, 2.75) is 441 Å². The molecule has 4 heterocycles. The fourth-order valence-corrected chi connectivity index (χ4v) is 14.1. The lowest BCUT2D eigenvalue weighted by molar-refractivity contribution is -0.177. The van der Waals surface area contributed by atoms with Gasteiger partial charge in [-0.3, -0.25) is 19.2 Å². The monoisotopic (exact) mass is 1590 g/mol. The third-order valence-corrected chi connectivity index (χ3v) is 27.4. The Morgan fingerprint density at radius 1 is 0.304 bits per heavy atom. The zero-order chi connectivity index (χ0) is 86.7. The summed E-state index contributed by atoms with van der Waals surface area (Å²) in [4.78, 5) is 109. The average molecular weight is 1590 g/mol. The molecule has 0 radical (unpaired) electrons. The van der Waals surface area contributed by atoms with Crippen LogP contribution < -0.4 is 0 Å². The molecular formula is C92H172N4O16. The van der Waals surface area contributed by atoms with Gasteiger partial charge in [0.15, 0.2) is 0 Å². The van der Waals surface area contributed by atoms with Gasteiger partial charge in [-0.1, -0.05) is 172 Å². The Kier molecular flexibility index (Phi) is 41.7. The van der Waals surface area contributed by atoms with Crippen LogP contribution in [0.3, 0.4) is 0 Å². The first kappa shape index (κ1) is 105. The minimum atomic E-state index is -0.555. The SMILES string of the molecule is CCC1(OC(=O)C(C)(C)CC)CCN(C(=O)OC(C(C)C)(C(C)C)C(C)C)CC1.CCC1(OC(=O)C(C)(C)CC)CCN(C(=O)OC(C)(C)C(C)(C)C)CC1.CCC1(OC(=O)C(C)(C)CC)CCN(C(=O)OC(C)(C)C(C)C)CC1.CCCCC(CCCC)(CCCC)OC(=O)N1CCC(CC)(OC(=O)C(C)(C)CC)CC1. The van der Waals surface area contributed by atoms with Gasteiger partial charge in [-0.05, 0) is 197 Å². The van der Waals surface area contributed by atoms with Crippen molar-refractivity contribution in [1.82, 2.24) is 19.6 Å². The third-order valence-electron chi connectivity index (χ3n) is 27.4. The summed E-state index contributed by atoms with van der Waals surface area (Å²) in [5, 5.41) is 0. The second-order valence-corrected chi connectivity index (χ2v) is 39.4. The highest BCUT2D eigenvalue weighted by Crippen LogP contribution is 2.43. The highest BCUT2D eigenvalue weighted by molar-refractivity contribution is 5.78. The summed E-state index contributed by atoms with van der Waals surface area (Å²) in [6, 6.07) is 0. The van der Waals surface area contributed by atoms with Gasteiger partial charge in [0.2, 0.25) is 0 Å². The molecule has 0 aliphatic carbocycles. The van der Waals surface area contributed by atoms with Crippen molar-refractivity contribution in [2.75, 3.05) is 52.4 Å². The van der Waals surface area contributed by atoms with Crippen molar-refractivity contribution < 1.29 is 76.3 Å². The number of carbonyl (C=O) groups excluding carboxylic acids is 8. The molecule has 0 aromatic carbocycles. The molecule has 4 amide bonds. The maximum Gasteiger partial charge on any atom is 0.410 e. The van der Waals surface area contributed by atoms with Crippen LogP contribution >= 0.6 is 0 Å². The molecule has 4 rings (SSSR count). The Labute approximate surface area is 684 Å². The van der Waals surface area contributed by atoms with Gasteiger partial charge in [0, 0.05) is 109 Å². The topological polar surface area (TPSA) is 223 Å². The van der Waals surface area contributed by atoms with E-state index in [0.29, 0.717) is 104 Å². The molecule has 0 aromatic heterocycles. The van der Waals surface area contributed by atoms with Gasteiger partial charge in [-0.25, -0.2) is 19.2 Å². The molecule has 20 heteroatoms. The van der Waals surface area contributed by atoms with Crippen molar-refractivity contribution in [2.24, 2.45) is 50.7 Å². The lowest BCUT2D eigenvalue weighted by atomic mass is 9.72. The van der Waals surface area contributed by atoms with E-state index < -0.39 is 60.9 Å². The summed E-state index contributed by atoms with van der Waals surface area (Å²) in [5.41, 5.74) is -5.82. The number of nitrogens with zero attached hydrogens (tertiary/aromatic N) is 4. The molecule has 4 aliphatic heterocycles. The van der Waals surface area contributed by atoms with Gasteiger partial charge in [-0.15, -0.1) is 0 Å². The summed E-state index contributed by atoms with van der Waals surface area (Å²) >= 11 is 0. The van der Waals surface area contributed by atoms with Crippen molar-refractivity contribution in [3.63, 3.8) is 0 Å². The minimum absolute atomic E-state index is 0.129. The first-order valence-corrected chi connectivity index (χ1v) is 44.3. The number of hydrogen-bond donors (Lipinski definition) is 0. The van der Waals surface area contributed by atoms with Crippen LogP contribution in [0.15, 0.2) is 0 Å². The number of carbonyl (C=O) groups is 8. The van der Waals surface area contributed by atoms with E-state index in [4.69, 9.17) is 37.9 Å². The van der Waals surface area contributed by atoms with E-state index in [1.54, 1.807) is 14.7 Å². The van der Waals surface area contributed by atoms with E-state index in [9.17, 15) is 38.4 Å². The average Bonchev–Trinajstić information content (AvgIpc) is 0.780. The molecule has 20 nitrogen and oxygen atoms in total. The summed E-state index contributed by atoms with van der Waals surface area (Å²) in [6.45, 7) is 73.5. The lowest BCUT2D eigenvalue weighted by Gasteiger charge is -2.46. The highest BCUT2D eigenvalue weighted by Gasteiger charge is 2.50. The largest absolute Gasteiger partial charge is 0.459 e. The zero-order valence-corrected chi connectivity index (χ0v) is 78.5. The van der Waals surface area contributed by atoms with Crippen molar-refractivity contribution in [3.8, 4) is 0 Å². The predicted octanol–water partition coefficient (Wildman–Crippen LogP) is 23.7. The Bertz CT molecular complexity index is 2820. The first-order chi connectivity index (χ1) is 51.5. The Morgan fingerprint density at radius 3 is 0.705 bits per heavy atom. The molecule has 0 spiro atoms. The Balaban J connectivity index is 0.000000750. The summed E-state index contributed by atoms with van der Waals surface area (Å²) in [5.74, 6) is 0.357. The van der Waals surface area contributed by atoms with Crippen LogP contribution in [0.5, 0.6) is 0 Å². The molecule has 656 valence electrons. The number of piperidine rings is 4. The van der Waals surface area contributed by atoms with Gasteiger partial charge in [-0.2, -0.15) is 0 Å². The summed E-state index contributed by atoms with van der Waals surface area (Å²) in [7, 11) is 0. The highest BCUT2D eigenvalue weighted by atomic mass is 16.6. The molecular weight excluding hydrogens is 1420 g/mol. The van der Waals surface area contributed by atoms with Crippen LogP contribution in [-0.2, 0) is 57.1 Å². The van der Waals surface area contributed by atoms with E-state index >= 15 is 0 Å². The minimum Gasteiger partial charge on any atom is -0.459 e. The van der Waals surface area contributed by atoms with E-state index in [1.165, 1.54) is 0 Å². The summed E-state index contributed by atoms with van der Waals surface area (Å²) in [6.07, 6.45) is 19.8. The normalized spacial score (nSPS) is 17.7. The second kappa shape index (κ2) is 44.5. The Morgan fingerprint density at radius 2 is 0.518 bits per heavy atom. The molecule has 0 unspecified atom stereocenters. The van der Waals surface area contributed by atoms with Gasteiger partial charge in [0.1, 0.15) is 44.8 Å². The molecule has 0 atom stereocenters. The van der Waals surface area contributed by atoms with Gasteiger partial charge < -0.3 is 57.5 Å². The van der Waals surface area contributed by atoms with Crippen LogP contribution in [0, 0.1) is 50.7 Å². The quantitative estimate of drug-likeness (QED) is 0.0440. The fraction of sp³-hybridized carbons (Fsp3) is 0.913.